The number of thioether (sulfide) groups is 1. The van der Waals surface area contributed by atoms with E-state index in [0.717, 1.165) is 0 Å². The lowest BCUT2D eigenvalue weighted by Gasteiger charge is -2.17. The molecular weight excluding hydrogens is 202 g/mol. The van der Waals surface area contributed by atoms with E-state index in [-0.39, 0.29) is 0 Å². The number of hydrogen-bond acceptors (Lipinski definition) is 4. The van der Waals surface area contributed by atoms with Gasteiger partial charge in [0.05, 0.1) is 13.0 Å². The average Bonchev–Trinajstić information content (AvgIpc) is 2.50. The van der Waals surface area contributed by atoms with Gasteiger partial charge in [-0.3, -0.25) is 4.79 Å². The number of carbonyl (C=O) groups excluding carboxylic acids is 2. The first-order valence-corrected chi connectivity index (χ1v) is 4.81. The van der Waals surface area contributed by atoms with Crippen LogP contribution in [-0.4, -0.2) is 41.0 Å². The molecule has 0 saturated carbocycles. The molecule has 68 valence electrons. The number of hydrogen-bond donors (Lipinski definition) is 0. The van der Waals surface area contributed by atoms with Gasteiger partial charge in [-0.2, -0.15) is 0 Å². The third-order valence-corrected chi connectivity index (χ3v) is 2.81. The van der Waals surface area contributed by atoms with E-state index in [9.17, 15) is 9.59 Å². The molecule has 0 aromatic heterocycles. The maximum absolute atomic E-state index is 11.0. The van der Waals surface area contributed by atoms with E-state index < -0.39 is 17.4 Å². The fraction of sp³-hybridized carbons (Fsp3) is 0.667. The fourth-order valence-corrected chi connectivity index (χ4v) is 2.33. The Kier molecular flexibility index (Phi) is 3.22. The maximum atomic E-state index is 11.0. The van der Waals surface area contributed by atoms with Crippen LogP contribution in [0.15, 0.2) is 0 Å². The molecule has 0 radical (unpaired) electrons. The summed E-state index contributed by atoms with van der Waals surface area (Å²) >= 11 is 6.73. The Hall–Kier alpha value is -0.420. The normalized spacial score (nSPS) is 22.5. The molecule has 0 aromatic rings. The number of rotatable bonds is 1. The van der Waals surface area contributed by atoms with Gasteiger partial charge < -0.3 is 9.64 Å². The molecule has 0 aromatic carbocycles. The van der Waals surface area contributed by atoms with Gasteiger partial charge in [0.2, 0.25) is 0 Å². The summed E-state index contributed by atoms with van der Waals surface area (Å²) in [5.41, 5.74) is 0. The molecule has 6 heteroatoms. The fourth-order valence-electron chi connectivity index (χ4n) is 0.947. The zero-order valence-corrected chi connectivity index (χ0v) is 8.02. The monoisotopic (exact) mass is 209 g/mol. The molecule has 12 heavy (non-hydrogen) atoms. The Bertz CT molecular complexity index is 211. The second-order valence-corrected chi connectivity index (χ2v) is 3.58. The highest BCUT2D eigenvalue weighted by molar-refractivity contribution is 7.99. The van der Waals surface area contributed by atoms with E-state index in [1.54, 1.807) is 0 Å². The van der Waals surface area contributed by atoms with E-state index in [1.165, 1.54) is 23.8 Å². The summed E-state index contributed by atoms with van der Waals surface area (Å²) in [4.78, 5) is 23.1. The zero-order valence-electron chi connectivity index (χ0n) is 6.45. The van der Waals surface area contributed by atoms with Crippen LogP contribution >= 0.6 is 23.4 Å². The van der Waals surface area contributed by atoms with Crippen LogP contribution in [0, 0.1) is 0 Å². The summed E-state index contributed by atoms with van der Waals surface area (Å²) < 4.78 is 4.51. The minimum Gasteiger partial charge on any atom is -0.467 e. The van der Waals surface area contributed by atoms with Crippen LogP contribution in [0.5, 0.6) is 0 Å². The lowest BCUT2D eigenvalue weighted by molar-refractivity contribution is -0.144. The molecule has 1 aliphatic rings. The standard InChI is InChI=1S/C6H8ClNO3S/c1-11-5(9)4-2-12-3-8(4)6(7)10/h4H,2-3H2,1H3/t4-/m0/s1. The number of esters is 1. The smallest absolute Gasteiger partial charge is 0.329 e. The third-order valence-electron chi connectivity index (χ3n) is 1.58. The second kappa shape index (κ2) is 4.00. The number of nitrogens with zero attached hydrogens (tertiary/aromatic N) is 1. The average molecular weight is 210 g/mol. The SMILES string of the molecule is COC(=O)[C@@H]1CSCN1C(=O)Cl. The highest BCUT2D eigenvalue weighted by Crippen LogP contribution is 2.22. The number of ether oxygens (including phenoxy) is 1. The molecule has 0 aliphatic carbocycles. The molecule has 1 heterocycles. The van der Waals surface area contributed by atoms with Crippen molar-refractivity contribution in [1.29, 1.82) is 0 Å². The molecule has 1 saturated heterocycles. The topological polar surface area (TPSA) is 46.6 Å². The second-order valence-electron chi connectivity index (χ2n) is 2.26. The zero-order chi connectivity index (χ0) is 9.14. The lowest BCUT2D eigenvalue weighted by atomic mass is 10.3. The van der Waals surface area contributed by atoms with Crippen molar-refractivity contribution in [2.24, 2.45) is 0 Å². The molecular formula is C6H8ClNO3S. The third kappa shape index (κ3) is 1.84. The molecule has 4 nitrogen and oxygen atoms in total. The van der Waals surface area contributed by atoms with Gasteiger partial charge in [-0.05, 0) is 11.6 Å². The lowest BCUT2D eigenvalue weighted by Crippen LogP contribution is -2.39. The Morgan fingerprint density at radius 2 is 2.33 bits per heavy atom. The van der Waals surface area contributed by atoms with Crippen LogP contribution in [0.3, 0.4) is 0 Å². The summed E-state index contributed by atoms with van der Waals surface area (Å²) in [6, 6.07) is -0.509. The highest BCUT2D eigenvalue weighted by Gasteiger charge is 2.34. The van der Waals surface area contributed by atoms with Crippen LogP contribution in [-0.2, 0) is 9.53 Å². The van der Waals surface area contributed by atoms with Crippen LogP contribution in [0.1, 0.15) is 0 Å². The van der Waals surface area contributed by atoms with E-state index in [4.69, 9.17) is 11.6 Å². The number of halogens is 1. The molecule has 0 unspecified atom stereocenters. The summed E-state index contributed by atoms with van der Waals surface area (Å²) in [5, 5.41) is -0.601. The predicted octanol–water partition coefficient (Wildman–Crippen LogP) is 0.893. The minimum atomic E-state index is -0.601. The Morgan fingerprint density at radius 1 is 1.67 bits per heavy atom. The van der Waals surface area contributed by atoms with Crippen LogP contribution in [0.4, 0.5) is 4.79 Å². The van der Waals surface area contributed by atoms with Gasteiger partial charge >= 0.3 is 11.3 Å². The number of methoxy groups -OCH3 is 1. The van der Waals surface area contributed by atoms with Crippen molar-refractivity contribution in [2.45, 2.75) is 6.04 Å². The van der Waals surface area contributed by atoms with Crippen molar-refractivity contribution < 1.29 is 14.3 Å². The highest BCUT2D eigenvalue weighted by atomic mass is 35.5. The molecule has 0 spiro atoms. The van der Waals surface area contributed by atoms with Crippen molar-refractivity contribution in [3.05, 3.63) is 0 Å². The molecule has 1 aliphatic heterocycles. The van der Waals surface area contributed by atoms with Gasteiger partial charge in [-0.25, -0.2) is 4.79 Å². The molecule has 1 amide bonds. The molecule has 1 atom stereocenters. The molecule has 0 bridgehead atoms. The number of carbonyl (C=O) groups is 2. The van der Waals surface area contributed by atoms with E-state index in [1.807, 2.05) is 0 Å². The van der Waals surface area contributed by atoms with Crippen LogP contribution in [0.2, 0.25) is 0 Å². The quantitative estimate of drug-likeness (QED) is 0.366. The van der Waals surface area contributed by atoms with Gasteiger partial charge in [0.25, 0.3) is 0 Å². The minimum absolute atomic E-state index is 0.408. The Morgan fingerprint density at radius 3 is 2.83 bits per heavy atom. The molecule has 1 rings (SSSR count). The Balaban J connectivity index is 2.63. The van der Waals surface area contributed by atoms with E-state index in [2.05, 4.69) is 4.74 Å². The van der Waals surface area contributed by atoms with Crippen LogP contribution in [0.25, 0.3) is 0 Å². The molecule has 1 fully saturated rings. The van der Waals surface area contributed by atoms with Crippen molar-refractivity contribution in [1.82, 2.24) is 4.90 Å². The van der Waals surface area contributed by atoms with E-state index >= 15 is 0 Å². The summed E-state index contributed by atoms with van der Waals surface area (Å²) in [6.07, 6.45) is 0. The van der Waals surface area contributed by atoms with Crippen molar-refractivity contribution in [2.75, 3.05) is 18.7 Å². The van der Waals surface area contributed by atoms with Crippen molar-refractivity contribution in [3.8, 4) is 0 Å². The largest absolute Gasteiger partial charge is 0.467 e. The first-order chi connectivity index (χ1) is 5.66. The van der Waals surface area contributed by atoms with Gasteiger partial charge in [0, 0.05) is 5.75 Å². The van der Waals surface area contributed by atoms with Crippen molar-refractivity contribution >= 4 is 34.7 Å². The van der Waals surface area contributed by atoms with Gasteiger partial charge in [0.15, 0.2) is 0 Å². The summed E-state index contributed by atoms with van der Waals surface area (Å²) in [7, 11) is 1.29. The molecule has 0 N–H and O–H groups in total. The summed E-state index contributed by atoms with van der Waals surface area (Å²) in [5.74, 6) is 0.613. The predicted molar refractivity (Wildman–Crippen MR) is 46.2 cm³/mol. The first kappa shape index (κ1) is 9.67. The number of amides is 1. The Labute approximate surface area is 79.2 Å². The van der Waals surface area contributed by atoms with Gasteiger partial charge in [-0.1, -0.05) is 0 Å². The van der Waals surface area contributed by atoms with Crippen molar-refractivity contribution in [3.63, 3.8) is 0 Å². The van der Waals surface area contributed by atoms with E-state index in [0.29, 0.717) is 11.6 Å². The van der Waals surface area contributed by atoms with Crippen LogP contribution < -0.4 is 0 Å². The van der Waals surface area contributed by atoms with Gasteiger partial charge in [-0.15, -0.1) is 11.8 Å². The summed E-state index contributed by atoms with van der Waals surface area (Å²) in [6.45, 7) is 0. The maximum Gasteiger partial charge on any atom is 0.329 e. The first-order valence-electron chi connectivity index (χ1n) is 3.28. The van der Waals surface area contributed by atoms with Gasteiger partial charge in [0.1, 0.15) is 6.04 Å².